The maximum atomic E-state index is 12.0. The van der Waals surface area contributed by atoms with Crippen LogP contribution in [0.2, 0.25) is 0 Å². The van der Waals surface area contributed by atoms with E-state index in [0.29, 0.717) is 22.3 Å². The lowest BCUT2D eigenvalue weighted by Gasteiger charge is -2.17. The van der Waals surface area contributed by atoms with Crippen molar-refractivity contribution in [1.82, 2.24) is 0 Å². The van der Waals surface area contributed by atoms with Crippen molar-refractivity contribution in [2.45, 2.75) is 26.7 Å². The molecule has 3 aromatic rings. The molecule has 5 heteroatoms. The van der Waals surface area contributed by atoms with Crippen molar-refractivity contribution in [3.63, 3.8) is 0 Å². The van der Waals surface area contributed by atoms with Gasteiger partial charge in [-0.3, -0.25) is 9.59 Å². The molecule has 0 unspecified atom stereocenters. The second kappa shape index (κ2) is 7.23. The number of fused-ring (bicyclic) bond motifs is 2. The lowest BCUT2D eigenvalue weighted by molar-refractivity contribution is -0.134. The zero-order valence-electron chi connectivity index (χ0n) is 14.0. The minimum Gasteiger partial charge on any atom is -0.425 e. The average Bonchev–Trinajstić information content (AvgIpc) is 2.63. The standard InChI is InChI=1S/C20H17BrO4/c1-3-16(22)24-19-12-8-5-6-9-13(12)20(25-17(23)4-2)18-14(19)10-7-11-15(18)21/h5-11H,3-4H2,1-2H3. The highest BCUT2D eigenvalue weighted by Crippen LogP contribution is 2.45. The molecule has 0 atom stereocenters. The van der Waals surface area contributed by atoms with E-state index in [1.165, 1.54) is 0 Å². The third kappa shape index (κ3) is 3.24. The van der Waals surface area contributed by atoms with Gasteiger partial charge in [0, 0.05) is 38.9 Å². The minimum absolute atomic E-state index is 0.271. The maximum Gasteiger partial charge on any atom is 0.310 e. The largest absolute Gasteiger partial charge is 0.425 e. The predicted molar refractivity (Wildman–Crippen MR) is 101 cm³/mol. The second-order valence-electron chi connectivity index (χ2n) is 5.52. The van der Waals surface area contributed by atoms with E-state index in [0.717, 1.165) is 15.2 Å². The highest BCUT2D eigenvalue weighted by Gasteiger charge is 2.20. The summed E-state index contributed by atoms with van der Waals surface area (Å²) < 4.78 is 12.0. The van der Waals surface area contributed by atoms with Gasteiger partial charge in [0.15, 0.2) is 0 Å². The normalized spacial score (nSPS) is 10.8. The first-order valence-electron chi connectivity index (χ1n) is 8.11. The summed E-state index contributed by atoms with van der Waals surface area (Å²) in [6.45, 7) is 3.50. The third-order valence-corrected chi connectivity index (χ3v) is 4.57. The van der Waals surface area contributed by atoms with Crippen LogP contribution < -0.4 is 9.47 Å². The highest BCUT2D eigenvalue weighted by atomic mass is 79.9. The van der Waals surface area contributed by atoms with Crippen LogP contribution in [0.1, 0.15) is 26.7 Å². The average molecular weight is 401 g/mol. The van der Waals surface area contributed by atoms with Gasteiger partial charge in [0.25, 0.3) is 0 Å². The van der Waals surface area contributed by atoms with Gasteiger partial charge in [0.2, 0.25) is 0 Å². The Morgan fingerprint density at radius 2 is 1.32 bits per heavy atom. The Morgan fingerprint density at radius 1 is 0.800 bits per heavy atom. The molecule has 0 spiro atoms. The Kier molecular flexibility index (Phi) is 5.04. The topological polar surface area (TPSA) is 52.6 Å². The Hall–Kier alpha value is -2.40. The van der Waals surface area contributed by atoms with E-state index in [9.17, 15) is 9.59 Å². The molecular weight excluding hydrogens is 384 g/mol. The fourth-order valence-electron chi connectivity index (χ4n) is 2.69. The van der Waals surface area contributed by atoms with E-state index in [1.807, 2.05) is 42.5 Å². The third-order valence-electron chi connectivity index (χ3n) is 3.91. The molecule has 0 aromatic heterocycles. The van der Waals surface area contributed by atoms with Gasteiger partial charge < -0.3 is 9.47 Å². The molecule has 0 aliphatic heterocycles. The summed E-state index contributed by atoms with van der Waals surface area (Å²) in [6.07, 6.45) is 0.545. The van der Waals surface area contributed by atoms with Gasteiger partial charge >= 0.3 is 11.9 Å². The van der Waals surface area contributed by atoms with Crippen LogP contribution in [-0.4, -0.2) is 11.9 Å². The van der Waals surface area contributed by atoms with E-state index in [1.54, 1.807) is 13.8 Å². The van der Waals surface area contributed by atoms with Crippen LogP contribution in [-0.2, 0) is 9.59 Å². The minimum atomic E-state index is -0.319. The summed E-state index contributed by atoms with van der Waals surface area (Å²) in [4.78, 5) is 23.9. The van der Waals surface area contributed by atoms with Crippen molar-refractivity contribution >= 4 is 49.4 Å². The number of carbonyl (C=O) groups is 2. The van der Waals surface area contributed by atoms with Crippen LogP contribution in [0, 0.1) is 0 Å². The van der Waals surface area contributed by atoms with Crippen molar-refractivity contribution in [1.29, 1.82) is 0 Å². The van der Waals surface area contributed by atoms with Crippen molar-refractivity contribution < 1.29 is 19.1 Å². The van der Waals surface area contributed by atoms with Gasteiger partial charge in [-0.05, 0) is 6.07 Å². The molecule has 0 aliphatic rings. The number of carbonyl (C=O) groups excluding carboxylic acids is 2. The molecule has 0 saturated heterocycles. The SMILES string of the molecule is CCC(=O)Oc1c2ccccc2c(OC(=O)CC)c2c(Br)cccc12. The number of rotatable bonds is 4. The molecule has 25 heavy (non-hydrogen) atoms. The quantitative estimate of drug-likeness (QED) is 0.334. The zero-order valence-corrected chi connectivity index (χ0v) is 15.6. The first kappa shape index (κ1) is 17.4. The number of benzene rings is 3. The molecule has 3 aromatic carbocycles. The number of hydrogen-bond donors (Lipinski definition) is 0. The second-order valence-corrected chi connectivity index (χ2v) is 6.38. The van der Waals surface area contributed by atoms with Crippen molar-refractivity contribution in [2.75, 3.05) is 0 Å². The Morgan fingerprint density at radius 3 is 1.92 bits per heavy atom. The number of ether oxygens (including phenoxy) is 2. The molecule has 0 aliphatic carbocycles. The van der Waals surface area contributed by atoms with Crippen LogP contribution in [0.5, 0.6) is 11.5 Å². The van der Waals surface area contributed by atoms with Gasteiger partial charge in [-0.25, -0.2) is 0 Å². The monoisotopic (exact) mass is 400 g/mol. The Balaban J connectivity index is 2.43. The van der Waals surface area contributed by atoms with Crippen LogP contribution in [0.3, 0.4) is 0 Å². The molecule has 0 heterocycles. The fraction of sp³-hybridized carbons (Fsp3) is 0.200. The highest BCUT2D eigenvalue weighted by molar-refractivity contribution is 9.10. The van der Waals surface area contributed by atoms with Crippen molar-refractivity contribution in [3.8, 4) is 11.5 Å². The van der Waals surface area contributed by atoms with Crippen LogP contribution in [0.4, 0.5) is 0 Å². The smallest absolute Gasteiger partial charge is 0.310 e. The Bertz CT molecular complexity index is 978. The maximum absolute atomic E-state index is 12.0. The molecular formula is C20H17BrO4. The first-order chi connectivity index (χ1) is 12.1. The van der Waals surface area contributed by atoms with E-state index < -0.39 is 0 Å². The van der Waals surface area contributed by atoms with E-state index in [2.05, 4.69) is 15.9 Å². The van der Waals surface area contributed by atoms with Crippen LogP contribution in [0.15, 0.2) is 46.9 Å². The van der Waals surface area contributed by atoms with Gasteiger partial charge in [-0.1, -0.05) is 66.2 Å². The molecule has 0 N–H and O–H groups in total. The number of halogens is 1. The van der Waals surface area contributed by atoms with E-state index in [4.69, 9.17) is 9.47 Å². The summed E-state index contributed by atoms with van der Waals surface area (Å²) >= 11 is 3.53. The molecule has 128 valence electrons. The van der Waals surface area contributed by atoms with E-state index in [-0.39, 0.29) is 24.8 Å². The Labute approximate surface area is 153 Å². The molecule has 0 saturated carbocycles. The van der Waals surface area contributed by atoms with Gasteiger partial charge in [0.1, 0.15) is 11.5 Å². The van der Waals surface area contributed by atoms with Gasteiger partial charge in [0.05, 0.1) is 0 Å². The molecule has 0 fully saturated rings. The summed E-state index contributed by atoms with van der Waals surface area (Å²) in [5.41, 5.74) is 0. The number of esters is 2. The summed E-state index contributed by atoms with van der Waals surface area (Å²) in [5.74, 6) is 0.321. The van der Waals surface area contributed by atoms with Crippen molar-refractivity contribution in [2.24, 2.45) is 0 Å². The lowest BCUT2D eigenvalue weighted by atomic mass is 10.0. The van der Waals surface area contributed by atoms with Gasteiger partial charge in [-0.2, -0.15) is 0 Å². The zero-order chi connectivity index (χ0) is 18.0. The summed E-state index contributed by atoms with van der Waals surface area (Å²) in [5, 5.41) is 2.88. The fourth-order valence-corrected chi connectivity index (χ4v) is 3.24. The summed E-state index contributed by atoms with van der Waals surface area (Å²) in [7, 11) is 0. The van der Waals surface area contributed by atoms with Crippen molar-refractivity contribution in [3.05, 3.63) is 46.9 Å². The van der Waals surface area contributed by atoms with E-state index >= 15 is 0 Å². The first-order valence-corrected chi connectivity index (χ1v) is 8.90. The lowest BCUT2D eigenvalue weighted by Crippen LogP contribution is -2.09. The van der Waals surface area contributed by atoms with Crippen LogP contribution >= 0.6 is 15.9 Å². The van der Waals surface area contributed by atoms with Gasteiger partial charge in [-0.15, -0.1) is 0 Å². The summed E-state index contributed by atoms with van der Waals surface area (Å²) in [6, 6.07) is 13.0. The van der Waals surface area contributed by atoms with Crippen LogP contribution in [0.25, 0.3) is 21.5 Å². The molecule has 0 amide bonds. The molecule has 0 bridgehead atoms. The molecule has 0 radical (unpaired) electrons. The molecule has 3 rings (SSSR count). The predicted octanol–water partition coefficient (Wildman–Crippen LogP) is 5.39. The molecule has 4 nitrogen and oxygen atoms in total. The number of hydrogen-bond acceptors (Lipinski definition) is 4.